The summed E-state index contributed by atoms with van der Waals surface area (Å²) in [6.45, 7) is 1.59. The monoisotopic (exact) mass is 328 g/mol. The minimum Gasteiger partial charge on any atom is -0.399 e. The summed E-state index contributed by atoms with van der Waals surface area (Å²) in [6.07, 6.45) is 1.66. The second kappa shape index (κ2) is 8.42. The molecule has 0 saturated heterocycles. The molecule has 0 aliphatic rings. The van der Waals surface area contributed by atoms with E-state index in [0.717, 1.165) is 17.8 Å². The Morgan fingerprint density at radius 1 is 1.12 bits per heavy atom. The van der Waals surface area contributed by atoms with E-state index in [0.29, 0.717) is 24.3 Å². The van der Waals surface area contributed by atoms with Gasteiger partial charge in [0.25, 0.3) is 5.91 Å². The van der Waals surface area contributed by atoms with Crippen molar-refractivity contribution in [3.8, 4) is 11.3 Å². The van der Waals surface area contributed by atoms with Crippen LogP contribution in [0.15, 0.2) is 42.6 Å². The molecule has 6 heteroatoms. The van der Waals surface area contributed by atoms with Crippen molar-refractivity contribution >= 4 is 11.6 Å². The lowest BCUT2D eigenvalue weighted by atomic mass is 10.1. The van der Waals surface area contributed by atoms with Crippen LogP contribution in [0.1, 0.15) is 10.4 Å². The van der Waals surface area contributed by atoms with Crippen LogP contribution in [0, 0.1) is 0 Å². The van der Waals surface area contributed by atoms with Gasteiger partial charge < -0.3 is 20.6 Å². The number of likely N-dealkylation sites (N-methyl/N-ethyl adjacent to an activating group) is 1. The largest absolute Gasteiger partial charge is 0.399 e. The predicted molar refractivity (Wildman–Crippen MR) is 95.6 cm³/mol. The van der Waals surface area contributed by atoms with E-state index >= 15 is 0 Å². The van der Waals surface area contributed by atoms with Crippen LogP contribution in [0.4, 0.5) is 5.69 Å². The van der Waals surface area contributed by atoms with Crippen molar-refractivity contribution in [3.05, 3.63) is 48.2 Å². The van der Waals surface area contributed by atoms with Gasteiger partial charge in [0.2, 0.25) is 0 Å². The molecule has 1 heterocycles. The predicted octanol–water partition coefficient (Wildman–Crippen LogP) is 1.33. The van der Waals surface area contributed by atoms with E-state index in [1.54, 1.807) is 35.4 Å². The molecule has 0 aliphatic heterocycles. The highest BCUT2D eigenvalue weighted by Gasteiger charge is 2.15. The second-order valence-corrected chi connectivity index (χ2v) is 5.87. The molecule has 0 unspecified atom stereocenters. The first-order valence-electron chi connectivity index (χ1n) is 7.88. The van der Waals surface area contributed by atoms with Crippen LogP contribution in [-0.4, -0.2) is 66.1 Å². The number of aromatic nitrogens is 1. The number of nitrogens with zero attached hydrogens (tertiary/aromatic N) is 3. The molecule has 0 aliphatic carbocycles. The van der Waals surface area contributed by atoms with E-state index < -0.39 is 0 Å². The number of nitrogens with two attached hydrogens (primary N) is 1. The maximum Gasteiger partial charge on any atom is 0.253 e. The van der Waals surface area contributed by atoms with E-state index in [-0.39, 0.29) is 12.5 Å². The first-order valence-corrected chi connectivity index (χ1v) is 7.88. The van der Waals surface area contributed by atoms with Crippen LogP contribution in [0.2, 0.25) is 0 Å². The van der Waals surface area contributed by atoms with Crippen molar-refractivity contribution in [2.24, 2.45) is 0 Å². The highest BCUT2D eigenvalue weighted by Crippen LogP contribution is 2.19. The number of carbonyl (C=O) groups is 1. The number of amides is 1. The lowest BCUT2D eigenvalue weighted by Gasteiger charge is -2.23. The molecule has 0 fully saturated rings. The highest BCUT2D eigenvalue weighted by molar-refractivity contribution is 5.94. The Kier molecular flexibility index (Phi) is 6.28. The molecule has 0 spiro atoms. The minimum absolute atomic E-state index is 0.0511. The van der Waals surface area contributed by atoms with Gasteiger partial charge in [-0.1, -0.05) is 12.1 Å². The number of anilines is 1. The summed E-state index contributed by atoms with van der Waals surface area (Å²) in [7, 11) is 3.91. The molecular formula is C18H24N4O2. The number of rotatable bonds is 7. The van der Waals surface area contributed by atoms with Crippen molar-refractivity contribution in [2.45, 2.75) is 0 Å². The normalized spacial score (nSPS) is 10.8. The Balaban J connectivity index is 2.14. The van der Waals surface area contributed by atoms with E-state index in [9.17, 15) is 9.90 Å². The zero-order valence-electron chi connectivity index (χ0n) is 14.1. The average molecular weight is 328 g/mol. The maximum atomic E-state index is 12.6. The standard InChI is InChI=1S/C18H24N4O2/c1-21(2)9-10-22(11-12-23)18(24)15-5-3-14(4-6-15)17-13-16(19)7-8-20-17/h3-8,13,23H,9-12H2,1-2H3,(H2,19,20). The van der Waals surface area contributed by atoms with Gasteiger partial charge in [0.1, 0.15) is 0 Å². The third kappa shape index (κ3) is 4.78. The molecule has 2 aromatic rings. The number of aliphatic hydroxyl groups excluding tert-OH is 1. The number of hydrogen-bond acceptors (Lipinski definition) is 5. The Morgan fingerprint density at radius 2 is 1.83 bits per heavy atom. The van der Waals surface area contributed by atoms with E-state index in [1.807, 2.05) is 31.1 Å². The third-order valence-corrected chi connectivity index (χ3v) is 3.69. The molecule has 24 heavy (non-hydrogen) atoms. The number of benzene rings is 1. The molecule has 1 aromatic heterocycles. The summed E-state index contributed by atoms with van der Waals surface area (Å²) in [4.78, 5) is 20.6. The summed E-state index contributed by atoms with van der Waals surface area (Å²) in [6, 6.07) is 10.8. The molecule has 0 atom stereocenters. The van der Waals surface area contributed by atoms with Gasteiger partial charge in [-0.15, -0.1) is 0 Å². The molecule has 3 N–H and O–H groups in total. The summed E-state index contributed by atoms with van der Waals surface area (Å²) in [5.74, 6) is -0.0852. The smallest absolute Gasteiger partial charge is 0.253 e. The average Bonchev–Trinajstić information content (AvgIpc) is 2.58. The van der Waals surface area contributed by atoms with E-state index in [1.165, 1.54) is 0 Å². The molecule has 1 aromatic carbocycles. The molecule has 2 rings (SSSR count). The number of nitrogen functional groups attached to an aromatic ring is 1. The molecule has 1 amide bonds. The van der Waals surface area contributed by atoms with Crippen LogP contribution in [0.25, 0.3) is 11.3 Å². The zero-order chi connectivity index (χ0) is 17.5. The van der Waals surface area contributed by atoms with Gasteiger partial charge in [0, 0.05) is 42.6 Å². The highest BCUT2D eigenvalue weighted by atomic mass is 16.3. The fraction of sp³-hybridized carbons (Fsp3) is 0.333. The first-order chi connectivity index (χ1) is 11.5. The zero-order valence-corrected chi connectivity index (χ0v) is 14.1. The van der Waals surface area contributed by atoms with Crippen LogP contribution in [0.5, 0.6) is 0 Å². The van der Waals surface area contributed by atoms with Crippen molar-refractivity contribution in [1.82, 2.24) is 14.8 Å². The Labute approximate surface area is 142 Å². The summed E-state index contributed by atoms with van der Waals surface area (Å²) in [5.41, 5.74) is 8.70. The Hall–Kier alpha value is -2.44. The molecule has 0 bridgehead atoms. The quantitative estimate of drug-likeness (QED) is 0.801. The Bertz CT molecular complexity index is 671. The second-order valence-electron chi connectivity index (χ2n) is 5.87. The molecule has 0 radical (unpaired) electrons. The van der Waals surface area contributed by atoms with Gasteiger partial charge in [-0.3, -0.25) is 9.78 Å². The van der Waals surface area contributed by atoms with Gasteiger partial charge in [-0.2, -0.15) is 0 Å². The van der Waals surface area contributed by atoms with Crippen LogP contribution in [-0.2, 0) is 0 Å². The Morgan fingerprint density at radius 3 is 2.42 bits per heavy atom. The van der Waals surface area contributed by atoms with Gasteiger partial charge in [0.15, 0.2) is 0 Å². The summed E-state index contributed by atoms with van der Waals surface area (Å²) < 4.78 is 0. The van der Waals surface area contributed by atoms with Crippen molar-refractivity contribution in [1.29, 1.82) is 0 Å². The molecule has 6 nitrogen and oxygen atoms in total. The molecular weight excluding hydrogens is 304 g/mol. The topological polar surface area (TPSA) is 82.7 Å². The van der Waals surface area contributed by atoms with Crippen molar-refractivity contribution in [3.63, 3.8) is 0 Å². The third-order valence-electron chi connectivity index (χ3n) is 3.69. The SMILES string of the molecule is CN(C)CCN(CCO)C(=O)c1ccc(-c2cc(N)ccn2)cc1. The lowest BCUT2D eigenvalue weighted by Crippen LogP contribution is -2.38. The maximum absolute atomic E-state index is 12.6. The number of aliphatic hydroxyl groups is 1. The van der Waals surface area contributed by atoms with Crippen LogP contribution >= 0.6 is 0 Å². The number of carbonyl (C=O) groups excluding carboxylic acids is 1. The summed E-state index contributed by atoms with van der Waals surface area (Å²) >= 11 is 0. The van der Waals surface area contributed by atoms with Gasteiger partial charge in [-0.25, -0.2) is 0 Å². The lowest BCUT2D eigenvalue weighted by molar-refractivity contribution is 0.0710. The number of hydrogen-bond donors (Lipinski definition) is 2. The van der Waals surface area contributed by atoms with Crippen LogP contribution < -0.4 is 5.73 Å². The summed E-state index contributed by atoms with van der Waals surface area (Å²) in [5, 5.41) is 9.19. The fourth-order valence-corrected chi connectivity index (χ4v) is 2.33. The fourth-order valence-electron chi connectivity index (χ4n) is 2.33. The minimum atomic E-state index is -0.0852. The molecule has 0 saturated carbocycles. The van der Waals surface area contributed by atoms with Gasteiger partial charge >= 0.3 is 0 Å². The van der Waals surface area contributed by atoms with Gasteiger partial charge in [0.05, 0.1) is 12.3 Å². The van der Waals surface area contributed by atoms with Crippen LogP contribution in [0.3, 0.4) is 0 Å². The van der Waals surface area contributed by atoms with Gasteiger partial charge in [-0.05, 0) is 38.4 Å². The first kappa shape index (κ1) is 17.9. The molecule has 128 valence electrons. The van der Waals surface area contributed by atoms with Crippen molar-refractivity contribution < 1.29 is 9.90 Å². The van der Waals surface area contributed by atoms with E-state index in [4.69, 9.17) is 5.73 Å². The van der Waals surface area contributed by atoms with E-state index in [2.05, 4.69) is 4.98 Å². The number of pyridine rings is 1. The van der Waals surface area contributed by atoms with Crippen molar-refractivity contribution in [2.75, 3.05) is 46.1 Å².